The summed E-state index contributed by atoms with van der Waals surface area (Å²) in [6.07, 6.45) is 3.54. The molecule has 1 atom stereocenters. The number of piperidine rings is 1. The molecule has 2 amide bonds. The highest BCUT2D eigenvalue weighted by atomic mass is 16.5. The molecule has 1 N–H and O–H groups in total. The molecule has 0 bridgehead atoms. The topological polar surface area (TPSA) is 88.8 Å². The zero-order valence-electron chi connectivity index (χ0n) is 17.6. The van der Waals surface area contributed by atoms with Crippen molar-refractivity contribution < 1.29 is 14.3 Å². The Bertz CT molecular complexity index is 1030. The molecular weight excluding hydrogens is 394 g/mol. The van der Waals surface area contributed by atoms with Gasteiger partial charge in [0.25, 0.3) is 0 Å². The van der Waals surface area contributed by atoms with E-state index < -0.39 is 0 Å². The molecule has 8 nitrogen and oxygen atoms in total. The van der Waals surface area contributed by atoms with Gasteiger partial charge in [0.15, 0.2) is 11.5 Å². The highest BCUT2D eigenvalue weighted by molar-refractivity contribution is 5.80. The minimum absolute atomic E-state index is 0.000286. The second-order valence-corrected chi connectivity index (χ2v) is 7.78. The molecule has 8 heteroatoms. The summed E-state index contributed by atoms with van der Waals surface area (Å²) in [7, 11) is 0. The van der Waals surface area contributed by atoms with E-state index in [-0.39, 0.29) is 23.8 Å². The summed E-state index contributed by atoms with van der Waals surface area (Å²) in [5.41, 5.74) is 0.752. The number of amides is 2. The van der Waals surface area contributed by atoms with Crippen molar-refractivity contribution in [2.24, 2.45) is 5.92 Å². The van der Waals surface area contributed by atoms with E-state index in [1.807, 2.05) is 71.0 Å². The van der Waals surface area contributed by atoms with Gasteiger partial charge in [0, 0.05) is 25.2 Å². The van der Waals surface area contributed by atoms with Gasteiger partial charge in [-0.2, -0.15) is 0 Å². The molecule has 162 valence electrons. The summed E-state index contributed by atoms with van der Waals surface area (Å²) in [6, 6.07) is 14.9. The van der Waals surface area contributed by atoms with Gasteiger partial charge in [0.1, 0.15) is 5.75 Å². The molecule has 1 aliphatic heterocycles. The fraction of sp³-hybridized carbons (Fsp3) is 0.391. The molecule has 4 rings (SSSR count). The van der Waals surface area contributed by atoms with Crippen molar-refractivity contribution >= 4 is 17.5 Å². The Labute approximate surface area is 181 Å². The minimum Gasteiger partial charge on any atom is -0.493 e. The van der Waals surface area contributed by atoms with Gasteiger partial charge in [0.2, 0.25) is 11.8 Å². The number of aromatic nitrogens is 3. The Kier molecular flexibility index (Phi) is 6.45. The number of nitrogens with zero attached hydrogens (tertiary/aromatic N) is 4. The second-order valence-electron chi connectivity index (χ2n) is 7.78. The van der Waals surface area contributed by atoms with E-state index in [4.69, 9.17) is 4.74 Å². The lowest BCUT2D eigenvalue weighted by Gasteiger charge is -2.32. The number of ether oxygens (including phenoxy) is 1. The van der Waals surface area contributed by atoms with Gasteiger partial charge < -0.3 is 15.0 Å². The number of rotatable bonds is 7. The number of nitrogens with one attached hydrogen (secondary N) is 1. The number of benzene rings is 1. The van der Waals surface area contributed by atoms with Crippen LogP contribution in [0.15, 0.2) is 54.7 Å². The third kappa shape index (κ3) is 5.02. The van der Waals surface area contributed by atoms with E-state index >= 15 is 0 Å². The lowest BCUT2D eigenvalue weighted by Crippen LogP contribution is -2.43. The first-order valence-corrected chi connectivity index (χ1v) is 10.7. The number of likely N-dealkylation sites (tertiary alicyclic amines) is 1. The van der Waals surface area contributed by atoms with Gasteiger partial charge in [-0.15, -0.1) is 10.2 Å². The third-order valence-electron chi connectivity index (χ3n) is 5.63. The average molecular weight is 422 g/mol. The van der Waals surface area contributed by atoms with Crippen molar-refractivity contribution in [3.8, 4) is 5.75 Å². The van der Waals surface area contributed by atoms with Crippen LogP contribution in [0.4, 0.5) is 0 Å². The van der Waals surface area contributed by atoms with Crippen molar-refractivity contribution in [3.63, 3.8) is 0 Å². The Morgan fingerprint density at radius 3 is 2.61 bits per heavy atom. The average Bonchev–Trinajstić information content (AvgIpc) is 3.24. The highest BCUT2D eigenvalue weighted by Crippen LogP contribution is 2.20. The van der Waals surface area contributed by atoms with E-state index in [0.29, 0.717) is 44.8 Å². The lowest BCUT2D eigenvalue weighted by atomic mass is 9.95. The van der Waals surface area contributed by atoms with Gasteiger partial charge >= 0.3 is 0 Å². The number of hydrogen-bond donors (Lipinski definition) is 1. The van der Waals surface area contributed by atoms with E-state index in [0.717, 1.165) is 11.4 Å². The SMILES string of the molecule is CC(NC(=O)C1CCN(C(=O)CCOc2ccccc2)CC1)c1nnc2ccccn12. The molecule has 1 unspecified atom stereocenters. The second kappa shape index (κ2) is 9.59. The van der Waals surface area contributed by atoms with Crippen LogP contribution in [0.5, 0.6) is 5.75 Å². The van der Waals surface area contributed by atoms with E-state index in [2.05, 4.69) is 15.5 Å². The molecule has 3 heterocycles. The number of carbonyl (C=O) groups is 2. The molecular formula is C23H27N5O3. The number of para-hydroxylation sites is 1. The Morgan fingerprint density at radius 2 is 1.84 bits per heavy atom. The van der Waals surface area contributed by atoms with Crippen LogP contribution < -0.4 is 10.1 Å². The fourth-order valence-electron chi connectivity index (χ4n) is 3.87. The van der Waals surface area contributed by atoms with Crippen molar-refractivity contribution in [3.05, 3.63) is 60.6 Å². The standard InChI is InChI=1S/C23H27N5O3/c1-17(22-26-25-20-9-5-6-13-28(20)22)24-23(30)18-10-14-27(15-11-18)21(29)12-16-31-19-7-3-2-4-8-19/h2-9,13,17-18H,10-12,14-16H2,1H3,(H,24,30). The normalized spacial score (nSPS) is 15.6. The third-order valence-corrected chi connectivity index (χ3v) is 5.63. The number of fused-ring (bicyclic) bond motifs is 1. The van der Waals surface area contributed by atoms with E-state index in [9.17, 15) is 9.59 Å². The number of hydrogen-bond acceptors (Lipinski definition) is 5. The lowest BCUT2D eigenvalue weighted by molar-refractivity contribution is -0.136. The highest BCUT2D eigenvalue weighted by Gasteiger charge is 2.28. The molecule has 3 aromatic rings. The number of pyridine rings is 1. The Morgan fingerprint density at radius 1 is 1.10 bits per heavy atom. The van der Waals surface area contributed by atoms with E-state index in [1.54, 1.807) is 0 Å². The summed E-state index contributed by atoms with van der Waals surface area (Å²) in [6.45, 7) is 3.44. The maximum atomic E-state index is 12.8. The molecule has 0 radical (unpaired) electrons. The van der Waals surface area contributed by atoms with E-state index in [1.165, 1.54) is 0 Å². The van der Waals surface area contributed by atoms with Crippen molar-refractivity contribution in [2.45, 2.75) is 32.2 Å². The van der Waals surface area contributed by atoms with Crippen molar-refractivity contribution in [1.82, 2.24) is 24.8 Å². The molecule has 1 aromatic carbocycles. The quantitative estimate of drug-likeness (QED) is 0.634. The summed E-state index contributed by atoms with van der Waals surface area (Å²) in [5.74, 6) is 1.43. The van der Waals surface area contributed by atoms with Crippen LogP contribution in [-0.2, 0) is 9.59 Å². The zero-order chi connectivity index (χ0) is 21.6. The summed E-state index contributed by atoms with van der Waals surface area (Å²) in [5, 5.41) is 11.4. The molecule has 1 saturated heterocycles. The van der Waals surface area contributed by atoms with Crippen LogP contribution in [-0.4, -0.2) is 51.0 Å². The van der Waals surface area contributed by atoms with Crippen LogP contribution in [0, 0.1) is 5.92 Å². The smallest absolute Gasteiger partial charge is 0.225 e. The molecule has 2 aromatic heterocycles. The predicted molar refractivity (Wildman–Crippen MR) is 115 cm³/mol. The molecule has 0 saturated carbocycles. The minimum atomic E-state index is -0.250. The molecule has 1 fully saturated rings. The first kappa shape index (κ1) is 20.8. The zero-order valence-corrected chi connectivity index (χ0v) is 17.6. The van der Waals surface area contributed by atoms with Crippen LogP contribution >= 0.6 is 0 Å². The molecule has 1 aliphatic rings. The van der Waals surface area contributed by atoms with Gasteiger partial charge in [-0.25, -0.2) is 0 Å². The van der Waals surface area contributed by atoms with Crippen LogP contribution in [0.1, 0.15) is 38.1 Å². The van der Waals surface area contributed by atoms with Crippen LogP contribution in [0.2, 0.25) is 0 Å². The van der Waals surface area contributed by atoms with Crippen LogP contribution in [0.25, 0.3) is 5.65 Å². The Balaban J connectivity index is 1.22. The molecule has 0 spiro atoms. The Hall–Kier alpha value is -3.42. The molecule has 31 heavy (non-hydrogen) atoms. The first-order valence-electron chi connectivity index (χ1n) is 10.7. The van der Waals surface area contributed by atoms with Gasteiger partial charge in [-0.3, -0.25) is 14.0 Å². The van der Waals surface area contributed by atoms with Crippen LogP contribution in [0.3, 0.4) is 0 Å². The van der Waals surface area contributed by atoms with Gasteiger partial charge in [-0.1, -0.05) is 24.3 Å². The predicted octanol–water partition coefficient (Wildman–Crippen LogP) is 2.61. The number of carbonyl (C=O) groups excluding carboxylic acids is 2. The maximum absolute atomic E-state index is 12.8. The van der Waals surface area contributed by atoms with Crippen molar-refractivity contribution in [2.75, 3.05) is 19.7 Å². The fourth-order valence-corrected chi connectivity index (χ4v) is 3.87. The van der Waals surface area contributed by atoms with Gasteiger partial charge in [0.05, 0.1) is 19.1 Å². The summed E-state index contributed by atoms with van der Waals surface area (Å²) in [4.78, 5) is 27.0. The first-order chi connectivity index (χ1) is 15.1. The monoisotopic (exact) mass is 421 g/mol. The van der Waals surface area contributed by atoms with Crippen molar-refractivity contribution in [1.29, 1.82) is 0 Å². The summed E-state index contributed by atoms with van der Waals surface area (Å²) >= 11 is 0. The molecule has 0 aliphatic carbocycles. The van der Waals surface area contributed by atoms with Gasteiger partial charge in [-0.05, 0) is 44.0 Å². The maximum Gasteiger partial charge on any atom is 0.225 e. The largest absolute Gasteiger partial charge is 0.493 e. The summed E-state index contributed by atoms with van der Waals surface area (Å²) < 4.78 is 7.49.